The Morgan fingerprint density at radius 1 is 0.970 bits per heavy atom. The number of carbonyl (C=O) groups is 2. The molecule has 33 heavy (non-hydrogen) atoms. The number of nitrogens with one attached hydrogen (secondary N) is 2. The van der Waals surface area contributed by atoms with Gasteiger partial charge >= 0.3 is 11.8 Å². The number of hydrogen-bond acceptors (Lipinski definition) is 7. The summed E-state index contributed by atoms with van der Waals surface area (Å²) in [6.07, 6.45) is 1.05. The Hall–Kier alpha value is -2.20. The van der Waals surface area contributed by atoms with Gasteiger partial charge in [-0.3, -0.25) is 19.4 Å². The molecule has 3 aliphatic heterocycles. The van der Waals surface area contributed by atoms with Gasteiger partial charge in [-0.05, 0) is 30.7 Å². The first-order chi connectivity index (χ1) is 16.0. The zero-order valence-corrected chi connectivity index (χ0v) is 20.0. The summed E-state index contributed by atoms with van der Waals surface area (Å²) >= 11 is 0. The number of anilines is 1. The number of likely N-dealkylation sites (N-methyl/N-ethyl adjacent to an activating group) is 2. The maximum atomic E-state index is 12.5. The highest BCUT2D eigenvalue weighted by atomic mass is 16.5. The minimum Gasteiger partial charge on any atom is -0.379 e. The van der Waals surface area contributed by atoms with Gasteiger partial charge in [-0.1, -0.05) is 12.1 Å². The minimum atomic E-state index is -0.559. The Morgan fingerprint density at radius 2 is 1.70 bits per heavy atom. The van der Waals surface area contributed by atoms with Crippen molar-refractivity contribution in [1.82, 2.24) is 25.3 Å². The molecular formula is C24H38N6O3. The summed E-state index contributed by atoms with van der Waals surface area (Å²) < 4.78 is 5.34. The molecule has 2 saturated heterocycles. The monoisotopic (exact) mass is 458 g/mol. The highest BCUT2D eigenvalue weighted by molar-refractivity contribution is 6.35. The van der Waals surface area contributed by atoms with Gasteiger partial charge in [0.1, 0.15) is 0 Å². The van der Waals surface area contributed by atoms with Crippen LogP contribution in [-0.2, 0) is 20.7 Å². The normalized spacial score (nSPS) is 21.0. The van der Waals surface area contributed by atoms with Crippen molar-refractivity contribution in [2.45, 2.75) is 12.5 Å². The lowest BCUT2D eigenvalue weighted by molar-refractivity contribution is -0.139. The summed E-state index contributed by atoms with van der Waals surface area (Å²) in [6, 6.07) is 6.72. The van der Waals surface area contributed by atoms with Crippen molar-refractivity contribution in [3.63, 3.8) is 0 Å². The van der Waals surface area contributed by atoms with Crippen LogP contribution >= 0.6 is 0 Å². The van der Waals surface area contributed by atoms with Crippen LogP contribution in [0.25, 0.3) is 0 Å². The number of amides is 2. The number of hydrogen-bond donors (Lipinski definition) is 2. The molecule has 2 fully saturated rings. The Balaban J connectivity index is 1.34. The lowest BCUT2D eigenvalue weighted by Crippen LogP contribution is -2.50. The van der Waals surface area contributed by atoms with Crippen LogP contribution in [-0.4, -0.2) is 119 Å². The standard InChI is InChI=1S/C24H38N6O3/c1-27-9-11-30(12-10-27)22(19-3-4-21-20(17-19)5-7-28(21)2)18-26-24(32)23(31)25-6-8-29-13-15-33-16-14-29/h3-4,17,22H,5-16,18H2,1-2H3,(H,25,31)(H,26,32)/t22-/m0/s1. The fraction of sp³-hybridized carbons (Fsp3) is 0.667. The Morgan fingerprint density at radius 3 is 2.45 bits per heavy atom. The van der Waals surface area contributed by atoms with Gasteiger partial charge in [0.25, 0.3) is 0 Å². The maximum absolute atomic E-state index is 12.5. The van der Waals surface area contributed by atoms with Gasteiger partial charge in [-0.2, -0.15) is 0 Å². The maximum Gasteiger partial charge on any atom is 0.309 e. The second-order valence-electron chi connectivity index (χ2n) is 9.33. The van der Waals surface area contributed by atoms with E-state index in [4.69, 9.17) is 4.74 Å². The smallest absolute Gasteiger partial charge is 0.309 e. The predicted octanol–water partition coefficient (Wildman–Crippen LogP) is -0.468. The van der Waals surface area contributed by atoms with Crippen LogP contribution in [0.3, 0.4) is 0 Å². The molecule has 2 amide bonds. The molecule has 9 nitrogen and oxygen atoms in total. The van der Waals surface area contributed by atoms with Crippen LogP contribution in [0.1, 0.15) is 17.2 Å². The highest BCUT2D eigenvalue weighted by Crippen LogP contribution is 2.31. The second kappa shape index (κ2) is 11.3. The third-order valence-corrected chi connectivity index (χ3v) is 7.07. The number of carbonyl (C=O) groups excluding carboxylic acids is 2. The number of fused-ring (bicyclic) bond motifs is 1. The zero-order valence-electron chi connectivity index (χ0n) is 20.0. The van der Waals surface area contributed by atoms with Crippen LogP contribution in [0.2, 0.25) is 0 Å². The van der Waals surface area contributed by atoms with Crippen LogP contribution in [0.4, 0.5) is 5.69 Å². The average molecular weight is 459 g/mol. The van der Waals surface area contributed by atoms with E-state index in [2.05, 4.69) is 62.5 Å². The van der Waals surface area contributed by atoms with Gasteiger partial charge in [0.15, 0.2) is 0 Å². The van der Waals surface area contributed by atoms with Gasteiger partial charge in [-0.15, -0.1) is 0 Å². The van der Waals surface area contributed by atoms with Gasteiger partial charge < -0.3 is 25.2 Å². The molecule has 9 heteroatoms. The van der Waals surface area contributed by atoms with Crippen LogP contribution < -0.4 is 15.5 Å². The first-order valence-electron chi connectivity index (χ1n) is 12.1. The van der Waals surface area contributed by atoms with Crippen molar-refractivity contribution in [3.8, 4) is 0 Å². The molecule has 1 aromatic carbocycles. The molecule has 182 valence electrons. The van der Waals surface area contributed by atoms with E-state index < -0.39 is 11.8 Å². The summed E-state index contributed by atoms with van der Waals surface area (Å²) in [6.45, 7) is 9.73. The number of morpholine rings is 1. The van der Waals surface area contributed by atoms with E-state index in [-0.39, 0.29) is 6.04 Å². The third-order valence-electron chi connectivity index (χ3n) is 7.07. The number of piperazine rings is 1. The van der Waals surface area contributed by atoms with E-state index in [1.807, 2.05) is 0 Å². The molecular weight excluding hydrogens is 420 g/mol. The zero-order chi connectivity index (χ0) is 23.2. The first-order valence-corrected chi connectivity index (χ1v) is 12.1. The van der Waals surface area contributed by atoms with Crippen molar-refractivity contribution in [2.24, 2.45) is 0 Å². The number of nitrogens with zero attached hydrogens (tertiary/aromatic N) is 4. The Kier molecular flexibility index (Phi) is 8.19. The van der Waals surface area contributed by atoms with E-state index in [0.717, 1.165) is 72.0 Å². The van der Waals surface area contributed by atoms with Crippen LogP contribution in [0, 0.1) is 0 Å². The Labute approximate surface area is 197 Å². The van der Waals surface area contributed by atoms with Crippen molar-refractivity contribution >= 4 is 17.5 Å². The van der Waals surface area contributed by atoms with E-state index in [9.17, 15) is 9.59 Å². The molecule has 0 saturated carbocycles. The summed E-state index contributed by atoms with van der Waals surface area (Å²) in [7, 11) is 4.27. The number of ether oxygens (including phenoxy) is 1. The lowest BCUT2D eigenvalue weighted by atomic mass is 10.00. The molecule has 4 rings (SSSR count). The molecule has 3 aliphatic rings. The van der Waals surface area contributed by atoms with Gasteiger partial charge in [0, 0.05) is 78.2 Å². The molecule has 0 unspecified atom stereocenters. The van der Waals surface area contributed by atoms with Gasteiger partial charge in [-0.25, -0.2) is 0 Å². The molecule has 0 aromatic heterocycles. The largest absolute Gasteiger partial charge is 0.379 e. The molecule has 1 aromatic rings. The number of rotatable bonds is 7. The van der Waals surface area contributed by atoms with Crippen molar-refractivity contribution in [1.29, 1.82) is 0 Å². The fourth-order valence-corrected chi connectivity index (χ4v) is 4.89. The summed E-state index contributed by atoms with van der Waals surface area (Å²) in [5.74, 6) is -1.12. The SMILES string of the molecule is CN1CCN([C@@H](CNC(=O)C(=O)NCCN2CCOCC2)c2ccc3c(c2)CCN3C)CC1. The number of benzene rings is 1. The predicted molar refractivity (Wildman–Crippen MR) is 129 cm³/mol. The molecule has 0 radical (unpaired) electrons. The van der Waals surface area contributed by atoms with Crippen LogP contribution in [0.5, 0.6) is 0 Å². The molecule has 3 heterocycles. The molecule has 0 aliphatic carbocycles. The van der Waals surface area contributed by atoms with Crippen molar-refractivity contribution in [3.05, 3.63) is 29.3 Å². The topological polar surface area (TPSA) is 80.4 Å². The van der Waals surface area contributed by atoms with Gasteiger partial charge in [0.05, 0.1) is 19.3 Å². The molecule has 0 bridgehead atoms. The summed E-state index contributed by atoms with van der Waals surface area (Å²) in [5.41, 5.74) is 3.86. The van der Waals surface area contributed by atoms with Crippen molar-refractivity contribution in [2.75, 3.05) is 97.7 Å². The molecule has 2 N–H and O–H groups in total. The van der Waals surface area contributed by atoms with Crippen molar-refractivity contribution < 1.29 is 14.3 Å². The van der Waals surface area contributed by atoms with E-state index in [0.29, 0.717) is 13.1 Å². The van der Waals surface area contributed by atoms with Crippen LogP contribution in [0.15, 0.2) is 18.2 Å². The average Bonchev–Trinajstić information content (AvgIpc) is 3.21. The second-order valence-corrected chi connectivity index (χ2v) is 9.33. The minimum absolute atomic E-state index is 0.0556. The van der Waals surface area contributed by atoms with E-state index in [1.165, 1.54) is 16.8 Å². The van der Waals surface area contributed by atoms with E-state index in [1.54, 1.807) is 0 Å². The summed E-state index contributed by atoms with van der Waals surface area (Å²) in [5, 5.41) is 5.66. The van der Waals surface area contributed by atoms with E-state index >= 15 is 0 Å². The fourth-order valence-electron chi connectivity index (χ4n) is 4.89. The summed E-state index contributed by atoms with van der Waals surface area (Å²) in [4.78, 5) is 34.2. The van der Waals surface area contributed by atoms with Gasteiger partial charge in [0.2, 0.25) is 0 Å². The Bertz CT molecular complexity index is 820. The first kappa shape index (κ1) is 23.9. The molecule has 1 atom stereocenters. The highest BCUT2D eigenvalue weighted by Gasteiger charge is 2.27. The molecule has 0 spiro atoms. The quantitative estimate of drug-likeness (QED) is 0.535. The third kappa shape index (κ3) is 6.23. The lowest BCUT2D eigenvalue weighted by Gasteiger charge is -2.38.